The third-order valence-electron chi connectivity index (χ3n) is 3.25. The highest BCUT2D eigenvalue weighted by molar-refractivity contribution is 7.91. The third kappa shape index (κ3) is 5.32. The fourth-order valence-electron chi connectivity index (χ4n) is 1.90. The first-order valence-electron chi connectivity index (χ1n) is 7.26. The van der Waals surface area contributed by atoms with Crippen molar-refractivity contribution in [1.82, 2.24) is 5.32 Å². The summed E-state index contributed by atoms with van der Waals surface area (Å²) in [5.41, 5.74) is 0.381. The van der Waals surface area contributed by atoms with Crippen molar-refractivity contribution < 1.29 is 23.3 Å². The Morgan fingerprint density at radius 2 is 1.56 bits per heavy atom. The number of carbonyl (C=O) groups excluding carboxylic acids is 2. The zero-order chi connectivity index (χ0) is 18.4. The van der Waals surface area contributed by atoms with Crippen molar-refractivity contribution in [1.29, 1.82) is 4.78 Å². The zero-order valence-electron chi connectivity index (χ0n) is 13.8. The number of benzene rings is 2. The lowest BCUT2D eigenvalue weighted by Gasteiger charge is -2.08. The Morgan fingerprint density at radius 3 is 2.04 bits per heavy atom. The number of esters is 1. The summed E-state index contributed by atoms with van der Waals surface area (Å²) in [4.78, 5) is 23.3. The highest BCUT2D eigenvalue weighted by Gasteiger charge is 2.09. The molecule has 7 nitrogen and oxygen atoms in total. The van der Waals surface area contributed by atoms with Gasteiger partial charge in [-0.15, -0.1) is 0 Å². The molecule has 0 aliphatic carbocycles. The summed E-state index contributed by atoms with van der Waals surface area (Å²) in [5.74, 6) is 0.116. The molecule has 2 N–H and O–H groups in total. The summed E-state index contributed by atoms with van der Waals surface area (Å²) in [6.07, 6.45) is 1.35. The minimum Gasteiger partial charge on any atom is -0.468 e. The number of amides is 1. The van der Waals surface area contributed by atoms with E-state index in [2.05, 4.69) is 10.1 Å². The van der Waals surface area contributed by atoms with Crippen molar-refractivity contribution in [2.75, 3.05) is 19.9 Å². The number of hydrogen-bond donors (Lipinski definition) is 2. The smallest absolute Gasteiger partial charge is 0.325 e. The van der Waals surface area contributed by atoms with Gasteiger partial charge < -0.3 is 14.8 Å². The van der Waals surface area contributed by atoms with E-state index in [1.165, 1.54) is 13.4 Å². The number of ether oxygens (including phenoxy) is 2. The van der Waals surface area contributed by atoms with Crippen LogP contribution in [0.15, 0.2) is 53.4 Å². The van der Waals surface area contributed by atoms with Crippen LogP contribution in [0, 0.1) is 4.78 Å². The fraction of sp³-hybridized carbons (Fsp3) is 0.176. The molecule has 0 aliphatic rings. The van der Waals surface area contributed by atoms with Crippen molar-refractivity contribution in [2.24, 2.45) is 0 Å². The van der Waals surface area contributed by atoms with Crippen LogP contribution >= 0.6 is 0 Å². The van der Waals surface area contributed by atoms with E-state index < -0.39 is 21.6 Å². The van der Waals surface area contributed by atoms with E-state index in [-0.39, 0.29) is 6.54 Å². The number of rotatable bonds is 6. The van der Waals surface area contributed by atoms with Crippen LogP contribution < -0.4 is 10.1 Å². The Labute approximate surface area is 145 Å². The first kappa shape index (κ1) is 18.5. The molecule has 2 aromatic rings. The molecule has 0 aromatic heterocycles. The second-order valence-corrected chi connectivity index (χ2v) is 7.36. The minimum atomic E-state index is -2.75. The molecule has 0 bridgehead atoms. The predicted octanol–water partition coefficient (Wildman–Crippen LogP) is 2.42. The van der Waals surface area contributed by atoms with Crippen LogP contribution in [0.1, 0.15) is 10.4 Å². The first-order valence-corrected chi connectivity index (χ1v) is 9.23. The Bertz CT molecular complexity index is 859. The molecule has 0 heterocycles. The van der Waals surface area contributed by atoms with Crippen LogP contribution in [-0.4, -0.2) is 36.0 Å². The molecule has 132 valence electrons. The molecule has 1 atom stereocenters. The molecule has 2 rings (SSSR count). The molecule has 25 heavy (non-hydrogen) atoms. The lowest BCUT2D eigenvalue weighted by atomic mass is 10.2. The van der Waals surface area contributed by atoms with Crippen LogP contribution in [0.3, 0.4) is 0 Å². The van der Waals surface area contributed by atoms with Crippen LogP contribution in [-0.2, 0) is 19.3 Å². The van der Waals surface area contributed by atoms with Gasteiger partial charge >= 0.3 is 5.97 Å². The van der Waals surface area contributed by atoms with Crippen LogP contribution in [0.2, 0.25) is 0 Å². The Kier molecular flexibility index (Phi) is 5.76. The van der Waals surface area contributed by atoms with E-state index in [0.717, 1.165) is 0 Å². The molecule has 0 spiro atoms. The second-order valence-electron chi connectivity index (χ2n) is 5.20. The molecule has 1 unspecified atom stereocenters. The van der Waals surface area contributed by atoms with Crippen molar-refractivity contribution in [3.8, 4) is 11.5 Å². The molecule has 1 amide bonds. The molecule has 0 saturated carbocycles. The average Bonchev–Trinajstić information content (AvgIpc) is 2.59. The monoisotopic (exact) mass is 362 g/mol. The third-order valence-corrected chi connectivity index (χ3v) is 4.42. The predicted molar refractivity (Wildman–Crippen MR) is 92.4 cm³/mol. The van der Waals surface area contributed by atoms with E-state index in [1.807, 2.05) is 0 Å². The topological polar surface area (TPSA) is 106 Å². The maximum Gasteiger partial charge on any atom is 0.325 e. The normalized spacial score (nSPS) is 12.7. The summed E-state index contributed by atoms with van der Waals surface area (Å²) in [7, 11) is -1.51. The fourth-order valence-corrected chi connectivity index (χ4v) is 2.56. The van der Waals surface area contributed by atoms with Gasteiger partial charge in [0.05, 0.1) is 16.8 Å². The van der Waals surface area contributed by atoms with Gasteiger partial charge in [0.15, 0.2) is 0 Å². The first-order chi connectivity index (χ1) is 11.8. The average molecular weight is 362 g/mol. The zero-order valence-corrected chi connectivity index (χ0v) is 14.6. The Balaban J connectivity index is 2.00. The highest BCUT2D eigenvalue weighted by Crippen LogP contribution is 2.23. The molecule has 0 aliphatic heterocycles. The van der Waals surface area contributed by atoms with E-state index in [9.17, 15) is 13.8 Å². The SMILES string of the molecule is COC(=O)CNC(=O)c1ccc(Oc2ccc(S(C)(=N)=O)cc2)cc1. The van der Waals surface area contributed by atoms with Gasteiger partial charge in [0, 0.05) is 16.7 Å². The Morgan fingerprint density at radius 1 is 1.04 bits per heavy atom. The van der Waals surface area contributed by atoms with Crippen molar-refractivity contribution in [2.45, 2.75) is 4.90 Å². The van der Waals surface area contributed by atoms with Crippen LogP contribution in [0.25, 0.3) is 0 Å². The summed E-state index contributed by atoms with van der Waals surface area (Å²) in [6, 6.07) is 12.8. The minimum absolute atomic E-state index is 0.198. The number of methoxy groups -OCH3 is 1. The summed E-state index contributed by atoms with van der Waals surface area (Å²) in [5, 5.41) is 2.44. The van der Waals surface area contributed by atoms with Gasteiger partial charge in [-0.3, -0.25) is 9.59 Å². The lowest BCUT2D eigenvalue weighted by molar-refractivity contribution is -0.139. The largest absolute Gasteiger partial charge is 0.468 e. The van der Waals surface area contributed by atoms with Gasteiger partial charge in [-0.25, -0.2) is 8.99 Å². The van der Waals surface area contributed by atoms with Crippen LogP contribution in [0.4, 0.5) is 0 Å². The van der Waals surface area contributed by atoms with Crippen molar-refractivity contribution in [3.63, 3.8) is 0 Å². The van der Waals surface area contributed by atoms with Gasteiger partial charge in [0.25, 0.3) is 5.91 Å². The van der Waals surface area contributed by atoms with E-state index in [0.29, 0.717) is 22.0 Å². The Hall–Kier alpha value is -2.87. The van der Waals surface area contributed by atoms with Crippen molar-refractivity contribution in [3.05, 3.63) is 54.1 Å². The van der Waals surface area contributed by atoms with E-state index >= 15 is 0 Å². The number of hydrogen-bond acceptors (Lipinski definition) is 6. The molecule has 8 heteroatoms. The van der Waals surface area contributed by atoms with Crippen LogP contribution in [0.5, 0.6) is 11.5 Å². The maximum atomic E-state index is 11.9. The number of nitrogens with one attached hydrogen (secondary N) is 2. The molecule has 0 saturated heterocycles. The van der Waals surface area contributed by atoms with E-state index in [1.54, 1.807) is 48.5 Å². The number of carbonyl (C=O) groups is 2. The quantitative estimate of drug-likeness (QED) is 0.768. The summed E-state index contributed by atoms with van der Waals surface area (Å²) >= 11 is 0. The summed E-state index contributed by atoms with van der Waals surface area (Å²) < 4.78 is 29.2. The van der Waals surface area contributed by atoms with E-state index in [4.69, 9.17) is 9.52 Å². The van der Waals surface area contributed by atoms with Gasteiger partial charge in [-0.2, -0.15) is 0 Å². The maximum absolute atomic E-state index is 11.9. The van der Waals surface area contributed by atoms with Gasteiger partial charge in [0.1, 0.15) is 18.0 Å². The molecular formula is C17H18N2O5S. The molecule has 0 radical (unpaired) electrons. The van der Waals surface area contributed by atoms with Gasteiger partial charge in [-0.1, -0.05) is 0 Å². The molecule has 2 aromatic carbocycles. The summed E-state index contributed by atoms with van der Waals surface area (Å²) in [6.45, 7) is -0.198. The molecule has 0 fully saturated rings. The lowest BCUT2D eigenvalue weighted by Crippen LogP contribution is -2.30. The highest BCUT2D eigenvalue weighted by atomic mass is 32.2. The second kappa shape index (κ2) is 7.80. The van der Waals surface area contributed by atoms with Crippen molar-refractivity contribution >= 4 is 21.6 Å². The van der Waals surface area contributed by atoms with Gasteiger partial charge in [-0.05, 0) is 48.5 Å². The standard InChI is InChI=1S/C17H18N2O5S/c1-23-16(20)11-19-17(21)12-3-5-13(6-4-12)24-14-7-9-15(10-8-14)25(2,18)22/h3-10,18H,11H2,1-2H3,(H,19,21). The van der Waals surface area contributed by atoms with Gasteiger partial charge in [0.2, 0.25) is 0 Å². The molecular weight excluding hydrogens is 344 g/mol.